The molecule has 5 aromatic rings. The molecule has 0 aliphatic rings. The Balaban J connectivity index is 1.46. The second kappa shape index (κ2) is 9.35. The molecule has 170 valence electrons. The van der Waals surface area contributed by atoms with Crippen LogP contribution in [0.1, 0.15) is 30.3 Å². The molecule has 0 aliphatic heterocycles. The highest BCUT2D eigenvalue weighted by atomic mass is 15.5. The quantitative estimate of drug-likeness (QED) is 0.376. The summed E-state index contributed by atoms with van der Waals surface area (Å²) in [5, 5.41) is 14.4. The molecule has 0 radical (unpaired) electrons. The zero-order valence-electron chi connectivity index (χ0n) is 19.5. The topological polar surface area (TPSA) is 96.4 Å². The van der Waals surface area contributed by atoms with Gasteiger partial charge in [0.1, 0.15) is 5.52 Å². The van der Waals surface area contributed by atoms with Crippen LogP contribution in [0, 0.1) is 13.8 Å². The molecule has 8 nitrogen and oxygen atoms in total. The minimum absolute atomic E-state index is 0.655. The van der Waals surface area contributed by atoms with Crippen LogP contribution in [0.2, 0.25) is 0 Å². The van der Waals surface area contributed by atoms with Crippen LogP contribution in [0.3, 0.4) is 0 Å². The molecule has 0 aliphatic carbocycles. The molecule has 0 spiro atoms. The summed E-state index contributed by atoms with van der Waals surface area (Å²) in [5.74, 6) is 1.53. The molecule has 0 unspecified atom stereocenters. The fourth-order valence-corrected chi connectivity index (χ4v) is 4.13. The number of hydrogen-bond acceptors (Lipinski definition) is 7. The predicted molar refractivity (Wildman–Crippen MR) is 133 cm³/mol. The lowest BCUT2D eigenvalue weighted by molar-refractivity contribution is 0.757. The Labute approximate surface area is 198 Å². The van der Waals surface area contributed by atoms with E-state index in [1.165, 1.54) is 5.56 Å². The first kappa shape index (κ1) is 21.6. The maximum atomic E-state index is 4.82. The van der Waals surface area contributed by atoms with Gasteiger partial charge in [-0.2, -0.15) is 0 Å². The first-order valence-corrected chi connectivity index (χ1v) is 11.4. The van der Waals surface area contributed by atoms with Crippen LogP contribution in [0.15, 0.2) is 60.8 Å². The van der Waals surface area contributed by atoms with E-state index < -0.39 is 0 Å². The number of nitrogens with one attached hydrogen (secondary N) is 1. The third kappa shape index (κ3) is 4.22. The van der Waals surface area contributed by atoms with Crippen molar-refractivity contribution in [3.8, 4) is 22.5 Å². The van der Waals surface area contributed by atoms with E-state index in [4.69, 9.17) is 15.0 Å². The molecule has 0 saturated carbocycles. The number of aromatic amines is 1. The molecule has 3 heterocycles. The third-order valence-corrected chi connectivity index (χ3v) is 5.93. The summed E-state index contributed by atoms with van der Waals surface area (Å²) in [4.78, 5) is 16.5. The van der Waals surface area contributed by atoms with Gasteiger partial charge < -0.3 is 4.90 Å². The van der Waals surface area contributed by atoms with Crippen molar-refractivity contribution in [1.82, 2.24) is 35.6 Å². The van der Waals surface area contributed by atoms with Gasteiger partial charge in [-0.15, -0.1) is 5.10 Å². The summed E-state index contributed by atoms with van der Waals surface area (Å²) < 4.78 is 0. The van der Waals surface area contributed by atoms with E-state index in [1.54, 1.807) is 0 Å². The van der Waals surface area contributed by atoms with Crippen LogP contribution >= 0.6 is 0 Å². The van der Waals surface area contributed by atoms with Crippen LogP contribution in [-0.4, -0.2) is 42.1 Å². The van der Waals surface area contributed by atoms with Gasteiger partial charge in [0.2, 0.25) is 0 Å². The largest absolute Gasteiger partial charge is 0.350 e. The van der Waals surface area contributed by atoms with Crippen molar-refractivity contribution in [2.75, 3.05) is 11.4 Å². The second-order valence-corrected chi connectivity index (χ2v) is 8.31. The number of aromatic nitrogens is 7. The number of fused-ring (bicyclic) bond motifs is 1. The molecule has 8 heteroatoms. The first-order valence-electron chi connectivity index (χ1n) is 11.4. The van der Waals surface area contributed by atoms with E-state index in [9.17, 15) is 0 Å². The lowest BCUT2D eigenvalue weighted by atomic mass is 9.98. The summed E-state index contributed by atoms with van der Waals surface area (Å²) in [5.41, 5.74) is 7.97. The lowest BCUT2D eigenvalue weighted by Crippen LogP contribution is -2.25. The number of nitrogens with zero attached hydrogens (tertiary/aromatic N) is 7. The summed E-state index contributed by atoms with van der Waals surface area (Å²) in [6.45, 7) is 7.78. The lowest BCUT2D eigenvalue weighted by Gasteiger charge is -2.24. The molecule has 0 amide bonds. The number of aryl methyl sites for hydroxylation is 2. The van der Waals surface area contributed by atoms with Crippen molar-refractivity contribution in [3.05, 3.63) is 77.7 Å². The van der Waals surface area contributed by atoms with Gasteiger partial charge in [0.05, 0.1) is 16.9 Å². The first-order chi connectivity index (χ1) is 16.6. The SMILES string of the molecule is CCCN(Cc1ccc(-c2ccccc2-c2nnn[nH]2)cc1)c1nccc2nc(C)c(C)nc12. The molecule has 34 heavy (non-hydrogen) atoms. The molecule has 2 aromatic carbocycles. The van der Waals surface area contributed by atoms with E-state index in [-0.39, 0.29) is 0 Å². The molecule has 1 N–H and O–H groups in total. The van der Waals surface area contributed by atoms with Crippen molar-refractivity contribution in [1.29, 1.82) is 0 Å². The highest BCUT2D eigenvalue weighted by Crippen LogP contribution is 2.30. The van der Waals surface area contributed by atoms with Crippen molar-refractivity contribution < 1.29 is 0 Å². The molecule has 0 atom stereocenters. The average Bonchev–Trinajstić information content (AvgIpc) is 3.40. The number of pyridine rings is 1. The number of anilines is 1. The van der Waals surface area contributed by atoms with Crippen LogP contribution in [-0.2, 0) is 6.54 Å². The van der Waals surface area contributed by atoms with Gasteiger partial charge in [-0.05, 0) is 53.5 Å². The van der Waals surface area contributed by atoms with Crippen molar-refractivity contribution in [2.24, 2.45) is 0 Å². The van der Waals surface area contributed by atoms with Crippen LogP contribution in [0.4, 0.5) is 5.82 Å². The van der Waals surface area contributed by atoms with Gasteiger partial charge >= 0.3 is 0 Å². The molecule has 0 saturated heterocycles. The Morgan fingerprint density at radius 2 is 1.65 bits per heavy atom. The van der Waals surface area contributed by atoms with Crippen molar-refractivity contribution in [3.63, 3.8) is 0 Å². The van der Waals surface area contributed by atoms with Crippen LogP contribution < -0.4 is 4.90 Å². The number of H-pyrrole nitrogens is 1. The monoisotopic (exact) mass is 450 g/mol. The van der Waals surface area contributed by atoms with Gasteiger partial charge in [0.25, 0.3) is 0 Å². The number of tetrazole rings is 1. The van der Waals surface area contributed by atoms with Crippen molar-refractivity contribution in [2.45, 2.75) is 33.7 Å². The van der Waals surface area contributed by atoms with Gasteiger partial charge in [-0.3, -0.25) is 0 Å². The van der Waals surface area contributed by atoms with E-state index in [2.05, 4.69) is 62.8 Å². The Morgan fingerprint density at radius 1 is 0.882 bits per heavy atom. The maximum Gasteiger partial charge on any atom is 0.180 e. The van der Waals surface area contributed by atoms with Crippen molar-refractivity contribution >= 4 is 16.9 Å². The fourth-order valence-electron chi connectivity index (χ4n) is 4.13. The molecule has 0 bridgehead atoms. The van der Waals surface area contributed by atoms with E-state index in [0.29, 0.717) is 5.82 Å². The van der Waals surface area contributed by atoms with E-state index in [0.717, 1.165) is 64.4 Å². The zero-order chi connectivity index (χ0) is 23.5. The van der Waals surface area contributed by atoms with Crippen LogP contribution in [0.25, 0.3) is 33.5 Å². The smallest absolute Gasteiger partial charge is 0.180 e. The summed E-state index contributed by atoms with van der Waals surface area (Å²) >= 11 is 0. The van der Waals surface area contributed by atoms with Gasteiger partial charge in [0, 0.05) is 24.8 Å². The Morgan fingerprint density at radius 3 is 2.38 bits per heavy atom. The summed E-state index contributed by atoms with van der Waals surface area (Å²) in [6, 6.07) is 18.7. The molecular weight excluding hydrogens is 424 g/mol. The number of benzene rings is 2. The normalized spacial score (nSPS) is 11.1. The molecule has 3 aromatic heterocycles. The molecule has 5 rings (SSSR count). The number of hydrogen-bond donors (Lipinski definition) is 1. The Kier molecular flexibility index (Phi) is 5.95. The zero-order valence-corrected chi connectivity index (χ0v) is 19.5. The Hall–Kier alpha value is -4.20. The maximum absolute atomic E-state index is 4.82. The second-order valence-electron chi connectivity index (χ2n) is 8.31. The van der Waals surface area contributed by atoms with E-state index >= 15 is 0 Å². The highest BCUT2D eigenvalue weighted by molar-refractivity contribution is 5.86. The fraction of sp³-hybridized carbons (Fsp3) is 0.231. The minimum atomic E-state index is 0.655. The molecular formula is C26H26N8. The third-order valence-electron chi connectivity index (χ3n) is 5.93. The van der Waals surface area contributed by atoms with Gasteiger partial charge in [0.15, 0.2) is 11.6 Å². The van der Waals surface area contributed by atoms with Gasteiger partial charge in [-0.1, -0.05) is 55.5 Å². The van der Waals surface area contributed by atoms with Crippen LogP contribution in [0.5, 0.6) is 0 Å². The van der Waals surface area contributed by atoms with E-state index in [1.807, 2.05) is 44.3 Å². The summed E-state index contributed by atoms with van der Waals surface area (Å²) in [7, 11) is 0. The molecule has 0 fully saturated rings. The minimum Gasteiger partial charge on any atom is -0.350 e. The Bertz CT molecular complexity index is 1410. The average molecular weight is 451 g/mol. The number of rotatable bonds is 7. The standard InChI is InChI=1S/C26H26N8/c1-4-15-34(26-24-23(13-14-27-26)28-17(2)18(3)29-24)16-19-9-11-20(12-10-19)21-7-5-6-8-22(21)25-30-32-33-31-25/h5-14H,4,15-16H2,1-3H3,(H,30,31,32,33). The summed E-state index contributed by atoms with van der Waals surface area (Å²) in [6.07, 6.45) is 2.83. The highest BCUT2D eigenvalue weighted by Gasteiger charge is 2.15. The predicted octanol–water partition coefficient (Wildman–Crippen LogP) is 4.91. The van der Waals surface area contributed by atoms with Gasteiger partial charge in [-0.25, -0.2) is 20.1 Å².